The molecule has 2 N–H and O–H groups in total. The average molecular weight is 351 g/mol. The minimum Gasteiger partial charge on any atom is -0.454 e. The fourth-order valence-corrected chi connectivity index (χ4v) is 3.15. The van der Waals surface area contributed by atoms with Crippen molar-refractivity contribution in [2.45, 2.75) is 18.9 Å². The zero-order chi connectivity index (χ0) is 18.3. The van der Waals surface area contributed by atoms with Gasteiger partial charge in [-0.2, -0.15) is 0 Å². The summed E-state index contributed by atoms with van der Waals surface area (Å²) in [7, 11) is 0. The van der Waals surface area contributed by atoms with Gasteiger partial charge in [0.1, 0.15) is 0 Å². The van der Waals surface area contributed by atoms with Crippen molar-refractivity contribution in [2.75, 3.05) is 12.1 Å². The Labute approximate surface area is 150 Å². The maximum Gasteiger partial charge on any atom is 0.261 e. The molecule has 0 aliphatic carbocycles. The van der Waals surface area contributed by atoms with Gasteiger partial charge in [-0.25, -0.2) is 0 Å². The van der Waals surface area contributed by atoms with E-state index in [1.54, 1.807) is 36.4 Å². The number of amides is 1. The summed E-state index contributed by atoms with van der Waals surface area (Å²) in [5, 5.41) is 13.5. The zero-order valence-electron chi connectivity index (χ0n) is 14.1. The molecule has 2 aromatic rings. The summed E-state index contributed by atoms with van der Waals surface area (Å²) in [6.45, 7) is 2.05. The van der Waals surface area contributed by atoms with Crippen LogP contribution in [0.15, 0.2) is 42.5 Å². The average Bonchev–Trinajstić information content (AvgIpc) is 3.17. The number of benzene rings is 2. The number of fused-ring (bicyclic) bond motifs is 2. The highest BCUT2D eigenvalue weighted by atomic mass is 16.7. The molecule has 2 aromatic carbocycles. The van der Waals surface area contributed by atoms with Crippen LogP contribution in [0.4, 0.5) is 5.69 Å². The van der Waals surface area contributed by atoms with Gasteiger partial charge < -0.3 is 19.9 Å². The van der Waals surface area contributed by atoms with Crippen LogP contribution in [0.2, 0.25) is 0 Å². The third-order valence-electron chi connectivity index (χ3n) is 4.53. The summed E-state index contributed by atoms with van der Waals surface area (Å²) in [6.07, 6.45) is 2.66. The number of hydrogen-bond donors (Lipinski definition) is 2. The zero-order valence-corrected chi connectivity index (χ0v) is 14.1. The van der Waals surface area contributed by atoms with E-state index in [-0.39, 0.29) is 19.0 Å². The molecular formula is C20H17NO5. The van der Waals surface area contributed by atoms with Gasteiger partial charge in [-0.3, -0.25) is 9.59 Å². The number of ketones is 1. The number of allylic oxidation sites excluding steroid dienone is 1. The standard InChI is InChI=1S/C20H17NO5/c1-12-2-6-16-15(8-12)20(24,19(23)21-16)10-14(22)5-3-13-4-7-17-18(9-13)26-11-25-17/h2-9,24H,10-11H2,1H3,(H,21,23)/b5-3-/t20-/m0/s1. The molecule has 0 radical (unpaired) electrons. The Kier molecular flexibility index (Phi) is 3.77. The maximum absolute atomic E-state index is 12.4. The van der Waals surface area contributed by atoms with Crippen LogP contribution in [0, 0.1) is 6.92 Å². The number of rotatable bonds is 4. The first-order valence-corrected chi connectivity index (χ1v) is 8.21. The van der Waals surface area contributed by atoms with E-state index >= 15 is 0 Å². The molecule has 0 aromatic heterocycles. The molecule has 0 saturated heterocycles. The third kappa shape index (κ3) is 2.74. The van der Waals surface area contributed by atoms with Crippen molar-refractivity contribution in [3.05, 3.63) is 59.2 Å². The second kappa shape index (κ2) is 6.00. The molecular weight excluding hydrogens is 334 g/mol. The normalized spacial score (nSPS) is 20.3. The van der Waals surface area contributed by atoms with Crippen LogP contribution in [0.5, 0.6) is 11.5 Å². The molecule has 1 atom stereocenters. The molecule has 0 fully saturated rings. The lowest BCUT2D eigenvalue weighted by Crippen LogP contribution is -2.36. The minimum atomic E-state index is -1.85. The fourth-order valence-electron chi connectivity index (χ4n) is 3.15. The van der Waals surface area contributed by atoms with E-state index < -0.39 is 11.5 Å². The van der Waals surface area contributed by atoms with Crippen molar-refractivity contribution >= 4 is 23.5 Å². The quantitative estimate of drug-likeness (QED) is 0.827. The number of anilines is 1. The van der Waals surface area contributed by atoms with Crippen LogP contribution in [0.3, 0.4) is 0 Å². The van der Waals surface area contributed by atoms with Crippen LogP contribution < -0.4 is 14.8 Å². The van der Waals surface area contributed by atoms with Gasteiger partial charge in [-0.1, -0.05) is 29.8 Å². The van der Waals surface area contributed by atoms with E-state index in [2.05, 4.69) is 5.32 Å². The van der Waals surface area contributed by atoms with Crippen LogP contribution in [0.25, 0.3) is 6.08 Å². The van der Waals surface area contributed by atoms with Crippen molar-refractivity contribution in [3.8, 4) is 11.5 Å². The second-order valence-electron chi connectivity index (χ2n) is 6.45. The van der Waals surface area contributed by atoms with Crippen molar-refractivity contribution in [1.29, 1.82) is 0 Å². The first-order valence-electron chi connectivity index (χ1n) is 8.21. The van der Waals surface area contributed by atoms with Crippen LogP contribution in [-0.2, 0) is 15.2 Å². The Balaban J connectivity index is 1.53. The van der Waals surface area contributed by atoms with Crippen LogP contribution in [0.1, 0.15) is 23.1 Å². The lowest BCUT2D eigenvalue weighted by Gasteiger charge is -2.19. The number of aryl methyl sites for hydroxylation is 1. The van der Waals surface area contributed by atoms with Gasteiger partial charge in [0.25, 0.3) is 5.91 Å². The lowest BCUT2D eigenvalue weighted by molar-refractivity contribution is -0.138. The summed E-state index contributed by atoms with van der Waals surface area (Å²) in [6, 6.07) is 10.6. The number of aliphatic hydroxyl groups is 1. The number of carbonyl (C=O) groups is 2. The molecule has 2 aliphatic rings. The molecule has 6 nitrogen and oxygen atoms in total. The van der Waals surface area contributed by atoms with Gasteiger partial charge in [-0.15, -0.1) is 0 Å². The monoisotopic (exact) mass is 351 g/mol. The summed E-state index contributed by atoms with van der Waals surface area (Å²) in [4.78, 5) is 24.6. The maximum atomic E-state index is 12.4. The summed E-state index contributed by atoms with van der Waals surface area (Å²) < 4.78 is 10.5. The minimum absolute atomic E-state index is 0.183. The van der Waals surface area contributed by atoms with Crippen LogP contribution in [-0.4, -0.2) is 23.6 Å². The second-order valence-corrected chi connectivity index (χ2v) is 6.45. The Morgan fingerprint density at radius 3 is 2.88 bits per heavy atom. The number of carbonyl (C=O) groups excluding carboxylic acids is 2. The Bertz CT molecular complexity index is 949. The summed E-state index contributed by atoms with van der Waals surface area (Å²) in [5.41, 5.74) is 0.796. The van der Waals surface area contributed by atoms with Crippen molar-refractivity contribution in [2.24, 2.45) is 0 Å². The van der Waals surface area contributed by atoms with E-state index in [1.165, 1.54) is 6.08 Å². The van der Waals surface area contributed by atoms with Gasteiger partial charge in [0, 0.05) is 11.3 Å². The Morgan fingerprint density at radius 1 is 1.23 bits per heavy atom. The van der Waals surface area contributed by atoms with Crippen molar-refractivity contribution in [3.63, 3.8) is 0 Å². The molecule has 132 valence electrons. The highest BCUT2D eigenvalue weighted by Gasteiger charge is 2.46. The predicted molar refractivity (Wildman–Crippen MR) is 94.9 cm³/mol. The molecule has 1 amide bonds. The molecule has 4 rings (SSSR count). The molecule has 0 saturated carbocycles. The third-order valence-corrected chi connectivity index (χ3v) is 4.53. The highest BCUT2D eigenvalue weighted by Crippen LogP contribution is 2.39. The van der Waals surface area contributed by atoms with Gasteiger partial charge in [-0.05, 0) is 36.8 Å². The van der Waals surface area contributed by atoms with E-state index in [0.29, 0.717) is 22.7 Å². The van der Waals surface area contributed by atoms with E-state index in [4.69, 9.17) is 9.47 Å². The molecule has 2 heterocycles. The van der Waals surface area contributed by atoms with E-state index in [9.17, 15) is 14.7 Å². The molecule has 0 spiro atoms. The van der Waals surface area contributed by atoms with Gasteiger partial charge in [0.2, 0.25) is 6.79 Å². The smallest absolute Gasteiger partial charge is 0.261 e. The summed E-state index contributed by atoms with van der Waals surface area (Å²) in [5.74, 6) is 0.354. The lowest BCUT2D eigenvalue weighted by atomic mass is 9.89. The van der Waals surface area contributed by atoms with Crippen molar-refractivity contribution < 1.29 is 24.2 Å². The number of ether oxygens (including phenoxy) is 2. The SMILES string of the molecule is Cc1ccc2c(c1)[C@@](O)(CC(=O)/C=C\c1ccc3c(c1)OCO3)C(=O)N2. The van der Waals surface area contributed by atoms with Crippen LogP contribution >= 0.6 is 0 Å². The van der Waals surface area contributed by atoms with Gasteiger partial charge in [0.15, 0.2) is 22.9 Å². The first kappa shape index (κ1) is 16.4. The Morgan fingerprint density at radius 2 is 2.04 bits per heavy atom. The molecule has 0 bridgehead atoms. The fraction of sp³-hybridized carbons (Fsp3) is 0.200. The topological polar surface area (TPSA) is 84.9 Å². The summed E-state index contributed by atoms with van der Waals surface area (Å²) >= 11 is 0. The predicted octanol–water partition coefficient (Wildman–Crippen LogP) is 2.54. The van der Waals surface area contributed by atoms with E-state index in [0.717, 1.165) is 11.1 Å². The number of hydrogen-bond acceptors (Lipinski definition) is 5. The molecule has 6 heteroatoms. The Hall–Kier alpha value is -3.12. The first-order chi connectivity index (χ1) is 12.5. The van der Waals surface area contributed by atoms with Gasteiger partial charge in [0.05, 0.1) is 6.42 Å². The van der Waals surface area contributed by atoms with Crippen molar-refractivity contribution in [1.82, 2.24) is 0 Å². The highest BCUT2D eigenvalue weighted by molar-refractivity contribution is 6.08. The molecule has 2 aliphatic heterocycles. The largest absolute Gasteiger partial charge is 0.454 e. The van der Waals surface area contributed by atoms with Gasteiger partial charge >= 0.3 is 0 Å². The number of nitrogens with one attached hydrogen (secondary N) is 1. The molecule has 0 unspecified atom stereocenters. The van der Waals surface area contributed by atoms with E-state index in [1.807, 2.05) is 13.0 Å². The molecule has 26 heavy (non-hydrogen) atoms.